The molecule has 80 valence electrons. The van der Waals surface area contributed by atoms with Crippen molar-refractivity contribution < 1.29 is 0 Å². The molecular formula is C13H28. The fraction of sp³-hybridized carbons (Fsp3) is 1.00. The lowest BCUT2D eigenvalue weighted by molar-refractivity contribution is 0.176. The molecule has 0 aromatic rings. The normalized spacial score (nSPS) is 17.5. The van der Waals surface area contributed by atoms with Crippen LogP contribution < -0.4 is 0 Å². The maximum absolute atomic E-state index is 2.39. The summed E-state index contributed by atoms with van der Waals surface area (Å²) in [7, 11) is 0. The van der Waals surface area contributed by atoms with Crippen molar-refractivity contribution in [2.24, 2.45) is 23.2 Å². The molecule has 0 saturated heterocycles. The van der Waals surface area contributed by atoms with Crippen molar-refractivity contribution in [3.05, 3.63) is 0 Å². The van der Waals surface area contributed by atoms with E-state index >= 15 is 0 Å². The Balaban J connectivity index is 4.14. The fourth-order valence-corrected chi connectivity index (χ4v) is 1.85. The minimum Gasteiger partial charge on any atom is -0.0651 e. The largest absolute Gasteiger partial charge is 0.0651 e. The highest BCUT2D eigenvalue weighted by molar-refractivity contribution is 4.75. The molecule has 0 bridgehead atoms. The maximum atomic E-state index is 2.39. The lowest BCUT2D eigenvalue weighted by Crippen LogP contribution is -2.23. The van der Waals surface area contributed by atoms with Crippen molar-refractivity contribution >= 4 is 0 Å². The van der Waals surface area contributed by atoms with Crippen LogP contribution in [-0.4, -0.2) is 0 Å². The molecule has 0 spiro atoms. The van der Waals surface area contributed by atoms with E-state index in [4.69, 9.17) is 0 Å². The molecule has 0 N–H and O–H groups in total. The summed E-state index contributed by atoms with van der Waals surface area (Å²) in [5.41, 5.74) is 0.484. The molecule has 0 amide bonds. The molecule has 0 nitrogen and oxygen atoms in total. The van der Waals surface area contributed by atoms with Crippen LogP contribution in [-0.2, 0) is 0 Å². The van der Waals surface area contributed by atoms with Crippen LogP contribution in [0, 0.1) is 23.2 Å². The summed E-state index contributed by atoms with van der Waals surface area (Å²) in [6, 6.07) is 0. The fourth-order valence-electron chi connectivity index (χ4n) is 1.85. The predicted octanol–water partition coefficient (Wildman–Crippen LogP) is 4.74. The van der Waals surface area contributed by atoms with E-state index in [-0.39, 0.29) is 0 Å². The summed E-state index contributed by atoms with van der Waals surface area (Å²) in [6.45, 7) is 16.5. The van der Waals surface area contributed by atoms with Crippen LogP contribution in [0.3, 0.4) is 0 Å². The molecule has 0 aromatic carbocycles. The average Bonchev–Trinajstić information content (AvgIpc) is 1.96. The smallest absolute Gasteiger partial charge is 0.0354 e. The van der Waals surface area contributed by atoms with Gasteiger partial charge in [0.1, 0.15) is 0 Å². The van der Waals surface area contributed by atoms with Gasteiger partial charge in [-0.05, 0) is 29.6 Å². The Bertz CT molecular complexity index is 127. The third kappa shape index (κ3) is 4.69. The third-order valence-electron chi connectivity index (χ3n) is 3.51. The van der Waals surface area contributed by atoms with Crippen LogP contribution in [0.25, 0.3) is 0 Å². The Morgan fingerprint density at radius 3 is 1.69 bits per heavy atom. The van der Waals surface area contributed by atoms with Crippen molar-refractivity contribution in [3.8, 4) is 0 Å². The van der Waals surface area contributed by atoms with Crippen molar-refractivity contribution in [1.29, 1.82) is 0 Å². The predicted molar refractivity (Wildman–Crippen MR) is 61.9 cm³/mol. The lowest BCUT2D eigenvalue weighted by Gasteiger charge is -2.33. The van der Waals surface area contributed by atoms with Gasteiger partial charge >= 0.3 is 0 Å². The van der Waals surface area contributed by atoms with E-state index in [9.17, 15) is 0 Å². The number of rotatable bonds is 4. The molecule has 2 atom stereocenters. The molecular weight excluding hydrogens is 156 g/mol. The second-order valence-electron chi connectivity index (χ2n) is 5.93. The van der Waals surface area contributed by atoms with Crippen LogP contribution in [0.15, 0.2) is 0 Å². The van der Waals surface area contributed by atoms with Gasteiger partial charge in [0.05, 0.1) is 0 Å². The highest BCUT2D eigenvalue weighted by Crippen LogP contribution is 2.35. The lowest BCUT2D eigenvalue weighted by atomic mass is 9.73. The average molecular weight is 184 g/mol. The summed E-state index contributed by atoms with van der Waals surface area (Å²) < 4.78 is 0. The molecule has 0 aliphatic carbocycles. The molecule has 0 rings (SSSR count). The molecule has 0 aromatic heterocycles. The molecule has 0 fully saturated rings. The highest BCUT2D eigenvalue weighted by atomic mass is 14.3. The van der Waals surface area contributed by atoms with E-state index in [0.717, 1.165) is 17.8 Å². The first-order valence-electron chi connectivity index (χ1n) is 5.79. The molecule has 0 aliphatic heterocycles. The standard InChI is InChI=1S/C13H28/c1-8-12(13(5,6)7)9-11(4)10(2)3/h10-12H,8-9H2,1-7H3. The second-order valence-corrected chi connectivity index (χ2v) is 5.93. The summed E-state index contributed by atoms with van der Waals surface area (Å²) >= 11 is 0. The summed E-state index contributed by atoms with van der Waals surface area (Å²) in [6.07, 6.45) is 2.71. The van der Waals surface area contributed by atoms with Gasteiger partial charge in [-0.15, -0.1) is 0 Å². The Morgan fingerprint density at radius 1 is 1.00 bits per heavy atom. The highest BCUT2D eigenvalue weighted by Gasteiger charge is 2.25. The van der Waals surface area contributed by atoms with Crippen LogP contribution in [0.1, 0.15) is 61.3 Å². The first-order chi connectivity index (χ1) is 5.79. The number of hydrogen-bond acceptors (Lipinski definition) is 0. The Labute approximate surface area is 85.1 Å². The van der Waals surface area contributed by atoms with Gasteiger partial charge in [0, 0.05) is 0 Å². The van der Waals surface area contributed by atoms with E-state index in [2.05, 4.69) is 48.5 Å². The second kappa shape index (κ2) is 5.02. The van der Waals surface area contributed by atoms with Gasteiger partial charge in [0.2, 0.25) is 0 Å². The Hall–Kier alpha value is 0. The van der Waals surface area contributed by atoms with Crippen molar-refractivity contribution in [2.45, 2.75) is 61.3 Å². The molecule has 0 radical (unpaired) electrons. The zero-order valence-corrected chi connectivity index (χ0v) is 10.6. The zero-order valence-electron chi connectivity index (χ0n) is 10.6. The van der Waals surface area contributed by atoms with Gasteiger partial charge in [-0.3, -0.25) is 0 Å². The van der Waals surface area contributed by atoms with Crippen LogP contribution in [0.4, 0.5) is 0 Å². The van der Waals surface area contributed by atoms with Gasteiger partial charge in [0.25, 0.3) is 0 Å². The molecule has 2 unspecified atom stereocenters. The Morgan fingerprint density at radius 2 is 1.46 bits per heavy atom. The minimum absolute atomic E-state index is 0.484. The van der Waals surface area contributed by atoms with Crippen LogP contribution in [0.2, 0.25) is 0 Å². The monoisotopic (exact) mass is 184 g/mol. The van der Waals surface area contributed by atoms with Crippen molar-refractivity contribution in [3.63, 3.8) is 0 Å². The first-order valence-corrected chi connectivity index (χ1v) is 5.79. The van der Waals surface area contributed by atoms with Gasteiger partial charge in [-0.1, -0.05) is 54.9 Å². The first kappa shape index (κ1) is 13.0. The van der Waals surface area contributed by atoms with E-state index in [1.807, 2.05) is 0 Å². The Kier molecular flexibility index (Phi) is 5.02. The van der Waals surface area contributed by atoms with Gasteiger partial charge in [-0.2, -0.15) is 0 Å². The van der Waals surface area contributed by atoms with E-state index in [1.54, 1.807) is 0 Å². The van der Waals surface area contributed by atoms with E-state index in [0.29, 0.717) is 5.41 Å². The van der Waals surface area contributed by atoms with Crippen LogP contribution >= 0.6 is 0 Å². The van der Waals surface area contributed by atoms with Crippen molar-refractivity contribution in [1.82, 2.24) is 0 Å². The maximum Gasteiger partial charge on any atom is -0.0354 e. The topological polar surface area (TPSA) is 0 Å². The quantitative estimate of drug-likeness (QED) is 0.592. The van der Waals surface area contributed by atoms with Crippen LogP contribution in [0.5, 0.6) is 0 Å². The minimum atomic E-state index is 0.484. The molecule has 13 heavy (non-hydrogen) atoms. The SMILES string of the molecule is CCC(CC(C)C(C)C)C(C)(C)C. The van der Waals surface area contributed by atoms with Gasteiger partial charge in [0.15, 0.2) is 0 Å². The summed E-state index contributed by atoms with van der Waals surface area (Å²) in [4.78, 5) is 0. The molecule has 0 heterocycles. The zero-order chi connectivity index (χ0) is 10.6. The summed E-state index contributed by atoms with van der Waals surface area (Å²) in [5.74, 6) is 2.57. The van der Waals surface area contributed by atoms with E-state index < -0.39 is 0 Å². The number of hydrogen-bond donors (Lipinski definition) is 0. The molecule has 0 heteroatoms. The van der Waals surface area contributed by atoms with Gasteiger partial charge in [-0.25, -0.2) is 0 Å². The third-order valence-corrected chi connectivity index (χ3v) is 3.51. The summed E-state index contributed by atoms with van der Waals surface area (Å²) in [5, 5.41) is 0. The van der Waals surface area contributed by atoms with Gasteiger partial charge < -0.3 is 0 Å². The van der Waals surface area contributed by atoms with Crippen molar-refractivity contribution in [2.75, 3.05) is 0 Å². The molecule has 0 saturated carbocycles. The molecule has 0 aliphatic rings. The van der Waals surface area contributed by atoms with E-state index in [1.165, 1.54) is 12.8 Å².